The number of para-hydroxylation sites is 1. The van der Waals surface area contributed by atoms with Gasteiger partial charge in [0.2, 0.25) is 0 Å². The summed E-state index contributed by atoms with van der Waals surface area (Å²) in [5, 5.41) is 0. The fraction of sp³-hybridized carbons (Fsp3) is 0.483. The van der Waals surface area contributed by atoms with E-state index in [1.165, 1.54) is 19.3 Å². The molecular weight excluding hydrogens is 458 g/mol. The third kappa shape index (κ3) is 6.54. The zero-order valence-electron chi connectivity index (χ0n) is 21.5. The van der Waals surface area contributed by atoms with E-state index in [9.17, 15) is 13.2 Å². The fourth-order valence-corrected chi connectivity index (χ4v) is 7.07. The van der Waals surface area contributed by atoms with Crippen LogP contribution >= 0.6 is 0 Å². The van der Waals surface area contributed by atoms with Crippen LogP contribution in [0.2, 0.25) is 0 Å². The Morgan fingerprint density at radius 1 is 1.06 bits per heavy atom. The lowest BCUT2D eigenvalue weighted by Crippen LogP contribution is -2.38. The summed E-state index contributed by atoms with van der Waals surface area (Å²) in [5.41, 5.74) is 2.28. The molecule has 0 fully saturated rings. The number of carbonyl (C=O) groups is 1. The normalized spacial score (nSPS) is 16.6. The number of sulfone groups is 1. The summed E-state index contributed by atoms with van der Waals surface area (Å²) in [6.07, 6.45) is 9.20. The highest BCUT2D eigenvalue weighted by Gasteiger charge is 2.42. The molecule has 5 nitrogen and oxygen atoms in total. The molecule has 35 heavy (non-hydrogen) atoms. The number of benzene rings is 2. The standard InChI is InChI=1S/C29H39NO4S/c1-5-8-16-29(17-9-6-2)21-30(25-13-11-10-12-14-25)26-19-24(7-3)27(34-18-15-23(4)31)20-28(26)35(32,33)22-29/h10-15,18-20H,5-9,16-17,21-22H2,1-4H3/b18-15-. The number of hydrogen-bond acceptors (Lipinski definition) is 5. The maximum absolute atomic E-state index is 14.0. The minimum Gasteiger partial charge on any atom is -0.465 e. The van der Waals surface area contributed by atoms with Crippen LogP contribution in [0.15, 0.2) is 59.7 Å². The number of hydrogen-bond donors (Lipinski definition) is 0. The molecular formula is C29H39NO4S. The van der Waals surface area contributed by atoms with Crippen molar-refractivity contribution in [3.63, 3.8) is 0 Å². The van der Waals surface area contributed by atoms with E-state index in [1.807, 2.05) is 31.2 Å². The Hall–Kier alpha value is -2.60. The molecule has 3 rings (SSSR count). The van der Waals surface area contributed by atoms with E-state index >= 15 is 0 Å². The van der Waals surface area contributed by atoms with Gasteiger partial charge in [0.25, 0.3) is 0 Å². The maximum atomic E-state index is 14.0. The molecule has 0 atom stereocenters. The Kier molecular flexibility index (Phi) is 9.17. The number of anilines is 2. The first-order chi connectivity index (χ1) is 16.7. The molecule has 190 valence electrons. The van der Waals surface area contributed by atoms with Crippen molar-refractivity contribution < 1.29 is 17.9 Å². The Balaban J connectivity index is 2.22. The van der Waals surface area contributed by atoms with Gasteiger partial charge >= 0.3 is 0 Å². The van der Waals surface area contributed by atoms with Gasteiger partial charge in [-0.15, -0.1) is 0 Å². The lowest BCUT2D eigenvalue weighted by atomic mass is 9.79. The third-order valence-corrected chi connectivity index (χ3v) is 8.82. The van der Waals surface area contributed by atoms with Gasteiger partial charge in [-0.1, -0.05) is 64.7 Å². The number of nitrogens with zero attached hydrogens (tertiary/aromatic N) is 1. The highest BCUT2D eigenvalue weighted by atomic mass is 32.2. The number of ketones is 1. The number of unbranched alkanes of at least 4 members (excludes halogenated alkanes) is 2. The number of rotatable bonds is 11. The highest BCUT2D eigenvalue weighted by Crippen LogP contribution is 2.46. The van der Waals surface area contributed by atoms with E-state index in [0.29, 0.717) is 29.3 Å². The Labute approximate surface area is 211 Å². The van der Waals surface area contributed by atoms with Crippen molar-refractivity contribution in [3.8, 4) is 5.75 Å². The van der Waals surface area contributed by atoms with E-state index in [1.54, 1.807) is 6.07 Å². The number of allylic oxidation sites excluding steroid dienone is 1. The summed E-state index contributed by atoms with van der Waals surface area (Å²) < 4.78 is 33.8. The summed E-state index contributed by atoms with van der Waals surface area (Å²) in [6, 6.07) is 13.7. The van der Waals surface area contributed by atoms with Gasteiger partial charge in [-0.25, -0.2) is 8.42 Å². The van der Waals surface area contributed by atoms with Crippen molar-refractivity contribution in [2.45, 2.75) is 77.5 Å². The molecule has 1 aliphatic rings. The molecule has 0 aromatic heterocycles. The highest BCUT2D eigenvalue weighted by molar-refractivity contribution is 7.91. The minimum atomic E-state index is -3.59. The van der Waals surface area contributed by atoms with Crippen LogP contribution in [-0.2, 0) is 21.1 Å². The summed E-state index contributed by atoms with van der Waals surface area (Å²) in [4.78, 5) is 13.9. The van der Waals surface area contributed by atoms with Crippen molar-refractivity contribution in [1.82, 2.24) is 0 Å². The first-order valence-corrected chi connectivity index (χ1v) is 14.5. The Bertz CT molecular complexity index is 1130. The van der Waals surface area contributed by atoms with Crippen LogP contribution in [0, 0.1) is 5.41 Å². The van der Waals surface area contributed by atoms with Crippen LogP contribution in [0.4, 0.5) is 11.4 Å². The summed E-state index contributed by atoms with van der Waals surface area (Å²) >= 11 is 0. The summed E-state index contributed by atoms with van der Waals surface area (Å²) in [7, 11) is -3.59. The van der Waals surface area contributed by atoms with Crippen molar-refractivity contribution in [2.24, 2.45) is 5.41 Å². The quantitative estimate of drug-likeness (QED) is 0.246. The Morgan fingerprint density at radius 2 is 1.71 bits per heavy atom. The molecule has 0 saturated heterocycles. The van der Waals surface area contributed by atoms with E-state index in [4.69, 9.17) is 4.74 Å². The molecule has 0 saturated carbocycles. The van der Waals surface area contributed by atoms with Gasteiger partial charge in [-0.05, 0) is 49.9 Å². The smallest absolute Gasteiger partial charge is 0.181 e. The van der Waals surface area contributed by atoms with Crippen molar-refractivity contribution in [2.75, 3.05) is 17.2 Å². The molecule has 0 aliphatic carbocycles. The predicted octanol–water partition coefficient (Wildman–Crippen LogP) is 7.02. The van der Waals surface area contributed by atoms with Crippen LogP contribution in [0.25, 0.3) is 0 Å². The molecule has 0 radical (unpaired) electrons. The monoisotopic (exact) mass is 497 g/mol. The molecule has 0 unspecified atom stereocenters. The van der Waals surface area contributed by atoms with Crippen LogP contribution in [0.3, 0.4) is 0 Å². The van der Waals surface area contributed by atoms with Crippen LogP contribution in [0.5, 0.6) is 5.75 Å². The van der Waals surface area contributed by atoms with Gasteiger partial charge in [0.05, 0.1) is 22.6 Å². The topological polar surface area (TPSA) is 63.7 Å². The number of aryl methyl sites for hydroxylation is 1. The van der Waals surface area contributed by atoms with Gasteiger partial charge in [-0.2, -0.15) is 0 Å². The van der Waals surface area contributed by atoms with Gasteiger partial charge in [0.1, 0.15) is 5.75 Å². The van der Waals surface area contributed by atoms with E-state index < -0.39 is 9.84 Å². The molecule has 1 aliphatic heterocycles. The maximum Gasteiger partial charge on any atom is 0.181 e. The van der Waals surface area contributed by atoms with Gasteiger partial charge < -0.3 is 9.64 Å². The van der Waals surface area contributed by atoms with Gasteiger partial charge in [0, 0.05) is 29.8 Å². The third-order valence-electron chi connectivity index (χ3n) is 6.83. The van der Waals surface area contributed by atoms with Crippen molar-refractivity contribution in [1.29, 1.82) is 0 Å². The summed E-state index contributed by atoms with van der Waals surface area (Å²) in [6.45, 7) is 8.46. The van der Waals surface area contributed by atoms with Crippen molar-refractivity contribution >= 4 is 27.0 Å². The molecule has 0 amide bonds. The zero-order chi connectivity index (χ0) is 25.5. The first-order valence-electron chi connectivity index (χ1n) is 12.8. The first kappa shape index (κ1) is 27.0. The molecule has 2 aromatic rings. The molecule has 2 aromatic carbocycles. The molecule has 6 heteroatoms. The van der Waals surface area contributed by atoms with Gasteiger partial charge in [-0.3, -0.25) is 4.79 Å². The number of ether oxygens (including phenoxy) is 1. The number of fused-ring (bicyclic) bond motifs is 1. The summed E-state index contributed by atoms with van der Waals surface area (Å²) in [5.74, 6) is 0.483. The average molecular weight is 498 g/mol. The predicted molar refractivity (Wildman–Crippen MR) is 143 cm³/mol. The van der Waals surface area contributed by atoms with Gasteiger partial charge in [0.15, 0.2) is 15.6 Å². The lowest BCUT2D eigenvalue weighted by Gasteiger charge is -2.37. The van der Waals surface area contributed by atoms with Crippen LogP contribution in [-0.4, -0.2) is 26.5 Å². The lowest BCUT2D eigenvalue weighted by molar-refractivity contribution is -0.112. The largest absolute Gasteiger partial charge is 0.465 e. The van der Waals surface area contributed by atoms with Crippen LogP contribution < -0.4 is 9.64 Å². The van der Waals surface area contributed by atoms with Crippen molar-refractivity contribution in [3.05, 3.63) is 60.4 Å². The second kappa shape index (κ2) is 11.9. The molecule has 0 bridgehead atoms. The van der Waals surface area contributed by atoms with E-state index in [0.717, 1.165) is 49.8 Å². The second-order valence-corrected chi connectivity index (χ2v) is 11.7. The van der Waals surface area contributed by atoms with E-state index in [2.05, 4.69) is 30.9 Å². The van der Waals surface area contributed by atoms with E-state index in [-0.39, 0.29) is 17.0 Å². The SMILES string of the molecule is CCCCC1(CCCC)CN(c2ccccc2)c2cc(CC)c(O/C=C\C(C)=O)cc2S(=O)(=O)C1. The van der Waals surface area contributed by atoms with Crippen LogP contribution in [0.1, 0.15) is 71.8 Å². The minimum absolute atomic E-state index is 0.127. The number of carbonyl (C=O) groups excluding carboxylic acids is 1. The average Bonchev–Trinajstić information content (AvgIpc) is 2.93. The zero-order valence-corrected chi connectivity index (χ0v) is 22.4. The molecule has 0 N–H and O–H groups in total. The Morgan fingerprint density at radius 3 is 2.29 bits per heavy atom. The molecule has 1 heterocycles. The molecule has 0 spiro atoms. The fourth-order valence-electron chi connectivity index (χ4n) is 4.96. The second-order valence-electron chi connectivity index (χ2n) is 9.70.